The summed E-state index contributed by atoms with van der Waals surface area (Å²) in [6, 6.07) is 0.687. The predicted molar refractivity (Wildman–Crippen MR) is 108 cm³/mol. The fourth-order valence-electron chi connectivity index (χ4n) is 3.25. The van der Waals surface area contributed by atoms with E-state index in [1.807, 2.05) is 0 Å². The van der Waals surface area contributed by atoms with Crippen LogP contribution in [0.3, 0.4) is 0 Å². The van der Waals surface area contributed by atoms with Gasteiger partial charge in [-0.25, -0.2) is 4.79 Å². The smallest absolute Gasteiger partial charge is 0.416 e. The lowest BCUT2D eigenvalue weighted by Gasteiger charge is -2.30. The van der Waals surface area contributed by atoms with E-state index >= 15 is 0 Å². The number of esters is 2. The number of hydrogen-bond donors (Lipinski definition) is 1. The Morgan fingerprint density at radius 2 is 1.88 bits per heavy atom. The van der Waals surface area contributed by atoms with Gasteiger partial charge in [-0.05, 0) is 38.8 Å². The zero-order valence-corrected chi connectivity index (χ0v) is 18.0. The molecule has 0 spiro atoms. The Hall–Kier alpha value is -3.38. The molecule has 10 nitrogen and oxygen atoms in total. The van der Waals surface area contributed by atoms with E-state index < -0.39 is 46.9 Å². The van der Waals surface area contributed by atoms with Crippen molar-refractivity contribution in [2.75, 3.05) is 31.6 Å². The molecule has 1 unspecified atom stereocenters. The van der Waals surface area contributed by atoms with Crippen molar-refractivity contribution >= 4 is 29.2 Å². The van der Waals surface area contributed by atoms with Crippen LogP contribution in [0.5, 0.6) is 0 Å². The number of hydrogen-bond acceptors (Lipinski definition) is 8. The van der Waals surface area contributed by atoms with Crippen LogP contribution in [0.2, 0.25) is 0 Å². The number of alkyl halides is 3. The van der Waals surface area contributed by atoms with Gasteiger partial charge in [0.25, 0.3) is 11.6 Å². The fourth-order valence-corrected chi connectivity index (χ4v) is 3.25. The summed E-state index contributed by atoms with van der Waals surface area (Å²) in [5, 5.41) is 13.6. The molecule has 1 atom stereocenters. The zero-order chi connectivity index (χ0) is 24.8. The minimum absolute atomic E-state index is 0.274. The summed E-state index contributed by atoms with van der Waals surface area (Å²) in [5.41, 5.74) is -2.36. The first-order valence-corrected chi connectivity index (χ1v) is 10.2. The number of benzene rings is 1. The first-order chi connectivity index (χ1) is 15.4. The lowest BCUT2D eigenvalue weighted by molar-refractivity contribution is -0.384. The molecule has 13 heteroatoms. The Bertz CT molecular complexity index is 899. The normalized spacial score (nSPS) is 15.5. The molecule has 0 aromatic heterocycles. The number of carbonyl (C=O) groups excluding carboxylic acids is 3. The third kappa shape index (κ3) is 7.05. The first-order valence-electron chi connectivity index (χ1n) is 10.2. The minimum atomic E-state index is -4.76. The van der Waals surface area contributed by atoms with Gasteiger partial charge in [0.1, 0.15) is 11.7 Å². The van der Waals surface area contributed by atoms with Crippen molar-refractivity contribution in [1.82, 2.24) is 4.90 Å². The second-order valence-corrected chi connectivity index (χ2v) is 7.37. The van der Waals surface area contributed by atoms with Crippen LogP contribution in [-0.2, 0) is 30.0 Å². The van der Waals surface area contributed by atoms with Gasteiger partial charge >= 0.3 is 18.1 Å². The van der Waals surface area contributed by atoms with E-state index in [2.05, 4.69) is 5.32 Å². The number of ether oxygens (including phenoxy) is 2. The van der Waals surface area contributed by atoms with Crippen LogP contribution in [0.1, 0.15) is 32.3 Å². The lowest BCUT2D eigenvalue weighted by atomic mass is 9.97. The molecule has 1 N–H and O–H groups in total. The monoisotopic (exact) mass is 475 g/mol. The van der Waals surface area contributed by atoms with E-state index in [9.17, 15) is 37.7 Å². The molecular weight excluding hydrogens is 451 g/mol. The van der Waals surface area contributed by atoms with Crippen LogP contribution in [0, 0.1) is 16.0 Å². The molecule has 2 rings (SSSR count). The molecule has 1 saturated heterocycles. The Morgan fingerprint density at radius 3 is 2.42 bits per heavy atom. The third-order valence-electron chi connectivity index (χ3n) is 5.05. The quantitative estimate of drug-likeness (QED) is 0.345. The number of halogens is 3. The molecule has 0 radical (unpaired) electrons. The van der Waals surface area contributed by atoms with Gasteiger partial charge in [-0.2, -0.15) is 13.2 Å². The van der Waals surface area contributed by atoms with E-state index in [-0.39, 0.29) is 24.2 Å². The molecule has 1 aliphatic heterocycles. The van der Waals surface area contributed by atoms with Crippen molar-refractivity contribution in [2.45, 2.75) is 38.9 Å². The zero-order valence-electron chi connectivity index (χ0n) is 18.0. The van der Waals surface area contributed by atoms with Crippen molar-refractivity contribution in [2.24, 2.45) is 5.92 Å². The van der Waals surface area contributed by atoms with Crippen LogP contribution in [0.15, 0.2) is 18.2 Å². The van der Waals surface area contributed by atoms with Crippen LogP contribution in [0.4, 0.5) is 24.5 Å². The highest BCUT2D eigenvalue weighted by Gasteiger charge is 2.34. The maximum absolute atomic E-state index is 12.8. The van der Waals surface area contributed by atoms with Gasteiger partial charge in [0, 0.05) is 19.2 Å². The number of rotatable bonds is 8. The molecule has 0 aliphatic carbocycles. The highest BCUT2D eigenvalue weighted by Crippen LogP contribution is 2.35. The standard InChI is InChI=1S/C20H24F3N3O7/c1-3-32-19(29)13-6-8-25(9-7-13)17(27)11-33-18(28)12(2)24-15-5-4-14(20(21,22)23)10-16(15)26(30)31/h4-5,10,12-13,24H,3,6-9,11H2,1-2H3. The van der Waals surface area contributed by atoms with Gasteiger partial charge in [-0.3, -0.25) is 19.7 Å². The SMILES string of the molecule is CCOC(=O)C1CCN(C(=O)COC(=O)C(C)Nc2ccc(C(F)(F)F)cc2[N+](=O)[O-])CC1. The summed E-state index contributed by atoms with van der Waals surface area (Å²) in [6.07, 6.45) is -3.92. The van der Waals surface area contributed by atoms with Crippen LogP contribution in [0.25, 0.3) is 0 Å². The van der Waals surface area contributed by atoms with Gasteiger partial charge in [-0.1, -0.05) is 0 Å². The number of nitro benzene ring substituents is 1. The fraction of sp³-hybridized carbons (Fsp3) is 0.550. The maximum atomic E-state index is 12.8. The molecule has 1 amide bonds. The van der Waals surface area contributed by atoms with Crippen LogP contribution >= 0.6 is 0 Å². The Balaban J connectivity index is 1.89. The lowest BCUT2D eigenvalue weighted by Crippen LogP contribution is -2.43. The number of anilines is 1. The van der Waals surface area contributed by atoms with Gasteiger partial charge in [0.05, 0.1) is 23.0 Å². The molecule has 1 aromatic carbocycles. The summed E-state index contributed by atoms with van der Waals surface area (Å²) in [5.74, 6) is -1.99. The van der Waals surface area contributed by atoms with Crippen molar-refractivity contribution in [1.29, 1.82) is 0 Å². The number of nitrogens with zero attached hydrogens (tertiary/aromatic N) is 2. The summed E-state index contributed by atoms with van der Waals surface area (Å²) in [7, 11) is 0. The highest BCUT2D eigenvalue weighted by atomic mass is 19.4. The summed E-state index contributed by atoms with van der Waals surface area (Å²) in [6.45, 7) is 3.28. The average Bonchev–Trinajstić information content (AvgIpc) is 2.76. The van der Waals surface area contributed by atoms with Crippen molar-refractivity contribution in [3.8, 4) is 0 Å². The van der Waals surface area contributed by atoms with Gasteiger partial charge < -0.3 is 19.7 Å². The molecule has 1 aliphatic rings. The highest BCUT2D eigenvalue weighted by molar-refractivity contribution is 5.84. The molecule has 1 aromatic rings. The van der Waals surface area contributed by atoms with Crippen molar-refractivity contribution < 1.29 is 42.0 Å². The number of amides is 1. The first kappa shape index (κ1) is 25.9. The Morgan fingerprint density at radius 1 is 1.24 bits per heavy atom. The number of carbonyl (C=O) groups is 3. The van der Waals surface area contributed by atoms with Gasteiger partial charge in [0.2, 0.25) is 0 Å². The van der Waals surface area contributed by atoms with Crippen molar-refractivity contribution in [3.05, 3.63) is 33.9 Å². The van der Waals surface area contributed by atoms with E-state index in [1.54, 1.807) is 6.92 Å². The summed E-state index contributed by atoms with van der Waals surface area (Å²) in [4.78, 5) is 47.8. The number of nitro groups is 1. The summed E-state index contributed by atoms with van der Waals surface area (Å²) >= 11 is 0. The maximum Gasteiger partial charge on any atom is 0.416 e. The number of piperidine rings is 1. The van der Waals surface area contributed by atoms with E-state index in [4.69, 9.17) is 9.47 Å². The molecule has 0 saturated carbocycles. The van der Waals surface area contributed by atoms with E-state index in [0.29, 0.717) is 38.1 Å². The van der Waals surface area contributed by atoms with E-state index in [0.717, 1.165) is 6.07 Å². The number of nitrogens with one attached hydrogen (secondary N) is 1. The second kappa shape index (κ2) is 11.0. The number of likely N-dealkylation sites (tertiary alicyclic amines) is 1. The van der Waals surface area contributed by atoms with Crippen LogP contribution < -0.4 is 5.32 Å². The molecule has 1 heterocycles. The van der Waals surface area contributed by atoms with Crippen LogP contribution in [-0.4, -0.2) is 60.0 Å². The topological polar surface area (TPSA) is 128 Å². The molecule has 33 heavy (non-hydrogen) atoms. The van der Waals surface area contributed by atoms with Gasteiger partial charge in [0.15, 0.2) is 6.61 Å². The molecular formula is C20H24F3N3O7. The van der Waals surface area contributed by atoms with Crippen molar-refractivity contribution in [3.63, 3.8) is 0 Å². The minimum Gasteiger partial charge on any atom is -0.466 e. The summed E-state index contributed by atoms with van der Waals surface area (Å²) < 4.78 is 48.3. The predicted octanol–water partition coefficient (Wildman–Crippen LogP) is 2.76. The molecule has 0 bridgehead atoms. The second-order valence-electron chi connectivity index (χ2n) is 7.37. The van der Waals surface area contributed by atoms with E-state index in [1.165, 1.54) is 11.8 Å². The Labute approximate surface area is 187 Å². The third-order valence-corrected chi connectivity index (χ3v) is 5.05. The Kier molecular flexibility index (Phi) is 8.60. The van der Waals surface area contributed by atoms with Gasteiger partial charge in [-0.15, -0.1) is 0 Å². The average molecular weight is 475 g/mol. The molecule has 1 fully saturated rings. The molecule has 182 valence electrons. The largest absolute Gasteiger partial charge is 0.466 e.